The van der Waals surface area contributed by atoms with E-state index < -0.39 is 6.04 Å². The Kier molecular flexibility index (Phi) is 8.61. The standard InChI is InChI=1S/C28H32N2O2/c1-22(2)28(32)30(21-25-16-10-5-11-17-25)26(20-24-14-8-4-9-15-24)27(31)29-19-18-23-12-6-3-7-13-23/h3-17,22,26H,18-21H2,1-2H3,(H,29,31)/t26-/m1/s1. The number of nitrogens with zero attached hydrogens (tertiary/aromatic N) is 1. The molecule has 3 aromatic carbocycles. The minimum absolute atomic E-state index is 0.0204. The molecule has 0 fully saturated rings. The van der Waals surface area contributed by atoms with Crippen molar-refractivity contribution < 1.29 is 9.59 Å². The second-order valence-electron chi connectivity index (χ2n) is 8.34. The Labute approximate surface area is 191 Å². The van der Waals surface area contributed by atoms with Crippen molar-refractivity contribution in [1.29, 1.82) is 0 Å². The number of carbonyl (C=O) groups is 2. The van der Waals surface area contributed by atoms with Crippen LogP contribution < -0.4 is 5.32 Å². The van der Waals surface area contributed by atoms with E-state index in [0.717, 1.165) is 17.5 Å². The zero-order valence-electron chi connectivity index (χ0n) is 18.9. The Morgan fingerprint density at radius 2 is 1.25 bits per heavy atom. The largest absolute Gasteiger partial charge is 0.354 e. The molecule has 0 saturated carbocycles. The van der Waals surface area contributed by atoms with Crippen LogP contribution in [0.25, 0.3) is 0 Å². The van der Waals surface area contributed by atoms with Gasteiger partial charge in [0, 0.05) is 25.4 Å². The molecule has 0 aromatic heterocycles. The lowest BCUT2D eigenvalue weighted by Crippen LogP contribution is -2.51. The maximum atomic E-state index is 13.4. The molecule has 0 bridgehead atoms. The van der Waals surface area contributed by atoms with E-state index in [1.54, 1.807) is 4.90 Å². The molecule has 166 valence electrons. The van der Waals surface area contributed by atoms with E-state index in [2.05, 4.69) is 17.4 Å². The SMILES string of the molecule is CC(C)C(=O)N(Cc1ccccc1)[C@H](Cc1ccccc1)C(=O)NCCc1ccccc1. The Morgan fingerprint density at radius 3 is 1.78 bits per heavy atom. The molecule has 0 aliphatic heterocycles. The highest BCUT2D eigenvalue weighted by Gasteiger charge is 2.31. The monoisotopic (exact) mass is 428 g/mol. The molecule has 4 nitrogen and oxygen atoms in total. The minimum Gasteiger partial charge on any atom is -0.354 e. The lowest BCUT2D eigenvalue weighted by molar-refractivity contribution is -0.143. The van der Waals surface area contributed by atoms with Crippen LogP contribution in [0.2, 0.25) is 0 Å². The number of rotatable bonds is 10. The van der Waals surface area contributed by atoms with Gasteiger partial charge in [0.15, 0.2) is 0 Å². The summed E-state index contributed by atoms with van der Waals surface area (Å²) in [6.45, 7) is 4.70. The van der Waals surface area contributed by atoms with Gasteiger partial charge in [-0.3, -0.25) is 9.59 Å². The van der Waals surface area contributed by atoms with Gasteiger partial charge in [-0.1, -0.05) is 105 Å². The van der Waals surface area contributed by atoms with Gasteiger partial charge in [-0.05, 0) is 23.1 Å². The molecule has 0 unspecified atom stereocenters. The molecule has 0 spiro atoms. The molecule has 2 amide bonds. The molecule has 0 radical (unpaired) electrons. The fourth-order valence-corrected chi connectivity index (χ4v) is 3.73. The van der Waals surface area contributed by atoms with E-state index in [0.29, 0.717) is 19.5 Å². The summed E-state index contributed by atoms with van der Waals surface area (Å²) in [5.41, 5.74) is 3.22. The van der Waals surface area contributed by atoms with Crippen molar-refractivity contribution in [2.24, 2.45) is 5.92 Å². The first kappa shape index (κ1) is 23.3. The number of hydrogen-bond donors (Lipinski definition) is 1. The fraction of sp³-hybridized carbons (Fsp3) is 0.286. The quantitative estimate of drug-likeness (QED) is 0.511. The zero-order chi connectivity index (χ0) is 22.8. The smallest absolute Gasteiger partial charge is 0.243 e. The molecule has 4 heteroatoms. The Bertz CT molecular complexity index is 972. The first-order chi connectivity index (χ1) is 15.5. The fourth-order valence-electron chi connectivity index (χ4n) is 3.73. The van der Waals surface area contributed by atoms with Gasteiger partial charge in [-0.2, -0.15) is 0 Å². The summed E-state index contributed by atoms with van der Waals surface area (Å²) in [6, 6.07) is 29.3. The van der Waals surface area contributed by atoms with Crippen LogP contribution in [-0.2, 0) is 29.0 Å². The topological polar surface area (TPSA) is 49.4 Å². The Hall–Kier alpha value is -3.40. The van der Waals surface area contributed by atoms with Gasteiger partial charge in [-0.25, -0.2) is 0 Å². The highest BCUT2D eigenvalue weighted by atomic mass is 16.2. The molecular weight excluding hydrogens is 396 g/mol. The molecule has 0 aliphatic carbocycles. The summed E-state index contributed by atoms with van der Waals surface area (Å²) < 4.78 is 0. The van der Waals surface area contributed by atoms with Gasteiger partial charge in [0.1, 0.15) is 6.04 Å². The molecule has 0 heterocycles. The van der Waals surface area contributed by atoms with Crippen molar-refractivity contribution in [3.8, 4) is 0 Å². The van der Waals surface area contributed by atoms with Crippen LogP contribution in [0.1, 0.15) is 30.5 Å². The van der Waals surface area contributed by atoms with E-state index in [4.69, 9.17) is 0 Å². The van der Waals surface area contributed by atoms with Gasteiger partial charge < -0.3 is 10.2 Å². The van der Waals surface area contributed by atoms with Crippen molar-refractivity contribution in [2.45, 2.75) is 39.3 Å². The normalized spacial score (nSPS) is 11.7. The minimum atomic E-state index is -0.580. The molecule has 0 saturated heterocycles. The molecule has 0 aliphatic rings. The Balaban J connectivity index is 1.81. The average molecular weight is 429 g/mol. The predicted octanol–water partition coefficient (Wildman–Crippen LogP) is 4.64. The van der Waals surface area contributed by atoms with E-state index in [1.165, 1.54) is 5.56 Å². The summed E-state index contributed by atoms with van der Waals surface area (Å²) in [6.07, 6.45) is 1.23. The first-order valence-corrected chi connectivity index (χ1v) is 11.2. The van der Waals surface area contributed by atoms with Crippen LogP contribution in [-0.4, -0.2) is 29.3 Å². The molecule has 3 aromatic rings. The third kappa shape index (κ3) is 6.81. The summed E-state index contributed by atoms with van der Waals surface area (Å²) in [5, 5.41) is 3.08. The molecular formula is C28H32N2O2. The average Bonchev–Trinajstić information content (AvgIpc) is 2.82. The van der Waals surface area contributed by atoms with Gasteiger partial charge >= 0.3 is 0 Å². The predicted molar refractivity (Wildman–Crippen MR) is 129 cm³/mol. The van der Waals surface area contributed by atoms with Crippen LogP contribution in [0.5, 0.6) is 0 Å². The maximum Gasteiger partial charge on any atom is 0.243 e. The van der Waals surface area contributed by atoms with Gasteiger partial charge in [0.25, 0.3) is 0 Å². The van der Waals surface area contributed by atoms with Gasteiger partial charge in [0.05, 0.1) is 0 Å². The molecule has 32 heavy (non-hydrogen) atoms. The second-order valence-corrected chi connectivity index (χ2v) is 8.34. The zero-order valence-corrected chi connectivity index (χ0v) is 18.9. The Morgan fingerprint density at radius 1 is 0.750 bits per heavy atom. The summed E-state index contributed by atoms with van der Waals surface area (Å²) in [4.78, 5) is 28.4. The van der Waals surface area contributed by atoms with Crippen molar-refractivity contribution in [1.82, 2.24) is 10.2 Å². The summed E-state index contributed by atoms with van der Waals surface area (Å²) in [7, 11) is 0. The third-order valence-corrected chi connectivity index (χ3v) is 5.48. The van der Waals surface area contributed by atoms with E-state index in [1.807, 2.05) is 92.7 Å². The highest BCUT2D eigenvalue weighted by Crippen LogP contribution is 2.17. The van der Waals surface area contributed by atoms with Crippen LogP contribution in [0.15, 0.2) is 91.0 Å². The van der Waals surface area contributed by atoms with E-state index in [9.17, 15) is 9.59 Å². The molecule has 3 rings (SSSR count). The number of carbonyl (C=O) groups excluding carboxylic acids is 2. The van der Waals surface area contributed by atoms with Crippen molar-refractivity contribution in [3.63, 3.8) is 0 Å². The number of benzene rings is 3. The second kappa shape index (κ2) is 11.8. The van der Waals surface area contributed by atoms with Crippen LogP contribution >= 0.6 is 0 Å². The summed E-state index contributed by atoms with van der Waals surface area (Å²) in [5.74, 6) is -0.336. The van der Waals surface area contributed by atoms with Crippen LogP contribution in [0, 0.1) is 5.92 Å². The maximum absolute atomic E-state index is 13.4. The lowest BCUT2D eigenvalue weighted by Gasteiger charge is -2.32. The van der Waals surface area contributed by atoms with Gasteiger partial charge in [0.2, 0.25) is 11.8 Å². The van der Waals surface area contributed by atoms with Crippen LogP contribution in [0.3, 0.4) is 0 Å². The van der Waals surface area contributed by atoms with Gasteiger partial charge in [-0.15, -0.1) is 0 Å². The number of hydrogen-bond acceptors (Lipinski definition) is 2. The summed E-state index contributed by atoms with van der Waals surface area (Å²) >= 11 is 0. The highest BCUT2D eigenvalue weighted by molar-refractivity contribution is 5.88. The lowest BCUT2D eigenvalue weighted by atomic mass is 10.0. The van der Waals surface area contributed by atoms with E-state index >= 15 is 0 Å². The number of amides is 2. The first-order valence-electron chi connectivity index (χ1n) is 11.2. The van der Waals surface area contributed by atoms with Crippen molar-refractivity contribution in [3.05, 3.63) is 108 Å². The van der Waals surface area contributed by atoms with Crippen LogP contribution in [0.4, 0.5) is 0 Å². The van der Waals surface area contributed by atoms with Crippen molar-refractivity contribution in [2.75, 3.05) is 6.54 Å². The molecule has 1 atom stereocenters. The van der Waals surface area contributed by atoms with E-state index in [-0.39, 0.29) is 17.7 Å². The molecule has 1 N–H and O–H groups in total. The third-order valence-electron chi connectivity index (χ3n) is 5.48. The van der Waals surface area contributed by atoms with Crippen molar-refractivity contribution >= 4 is 11.8 Å². The number of nitrogens with one attached hydrogen (secondary N) is 1.